The quantitative estimate of drug-likeness (QED) is 0.711. The lowest BCUT2D eigenvalue weighted by atomic mass is 10.1. The van der Waals surface area contributed by atoms with Crippen molar-refractivity contribution >= 4 is 27.7 Å². The molecule has 1 aliphatic rings. The average molecular weight is 442 g/mol. The summed E-state index contributed by atoms with van der Waals surface area (Å²) in [5.74, 6) is -3.99. The number of alkyl halides is 2. The first-order valence-electron chi connectivity index (χ1n) is 9.15. The Bertz CT molecular complexity index is 1050. The Morgan fingerprint density at radius 1 is 1.23 bits per heavy atom. The third-order valence-corrected chi connectivity index (χ3v) is 7.08. The lowest BCUT2D eigenvalue weighted by Gasteiger charge is -2.30. The van der Waals surface area contributed by atoms with Crippen LogP contribution in [-0.2, 0) is 10.0 Å². The number of benzene rings is 2. The zero-order valence-electron chi connectivity index (χ0n) is 16.3. The number of phenols is 1. The van der Waals surface area contributed by atoms with E-state index in [1.54, 1.807) is 0 Å². The molecule has 0 amide bonds. The van der Waals surface area contributed by atoms with Gasteiger partial charge in [-0.25, -0.2) is 21.6 Å². The zero-order chi connectivity index (χ0) is 22.3. The average Bonchev–Trinajstić information content (AvgIpc) is 2.74. The molecule has 30 heavy (non-hydrogen) atoms. The van der Waals surface area contributed by atoms with Gasteiger partial charge in [-0.05, 0) is 43.7 Å². The molecule has 1 atom stereocenters. The van der Waals surface area contributed by atoms with E-state index in [0.29, 0.717) is 12.0 Å². The molecular weight excluding hydrogens is 421 g/mol. The van der Waals surface area contributed by atoms with Crippen molar-refractivity contribution in [2.75, 3.05) is 18.5 Å². The molecule has 162 valence electrons. The van der Waals surface area contributed by atoms with Gasteiger partial charge in [0.15, 0.2) is 6.29 Å². The van der Waals surface area contributed by atoms with Crippen molar-refractivity contribution < 1.29 is 31.5 Å². The molecule has 1 aliphatic heterocycles. The molecule has 0 radical (unpaired) electrons. The van der Waals surface area contributed by atoms with Crippen LogP contribution in [0, 0.1) is 5.82 Å². The van der Waals surface area contributed by atoms with Gasteiger partial charge >= 0.3 is 0 Å². The SMILES string of the molecule is CN1[C@H](CCC(C)(F)F)CN(c2ccc(F)cc2)c2cc(C=O)c(O)cc2S1(=O)=O. The fourth-order valence-electron chi connectivity index (χ4n) is 3.42. The first kappa shape index (κ1) is 22.1. The molecule has 0 fully saturated rings. The monoisotopic (exact) mass is 442 g/mol. The topological polar surface area (TPSA) is 77.9 Å². The maximum atomic E-state index is 13.5. The second-order valence-corrected chi connectivity index (χ2v) is 9.33. The molecule has 0 aliphatic carbocycles. The van der Waals surface area contributed by atoms with E-state index in [-0.39, 0.29) is 29.1 Å². The summed E-state index contributed by atoms with van der Waals surface area (Å²) in [4.78, 5) is 12.6. The minimum atomic E-state index is -4.17. The molecule has 0 bridgehead atoms. The minimum Gasteiger partial charge on any atom is -0.507 e. The molecule has 1 heterocycles. The molecule has 0 saturated carbocycles. The fourth-order valence-corrected chi connectivity index (χ4v) is 4.99. The third-order valence-electron chi connectivity index (χ3n) is 5.15. The highest BCUT2D eigenvalue weighted by Gasteiger charge is 2.38. The smallest absolute Gasteiger partial charge is 0.245 e. The molecule has 0 unspecified atom stereocenters. The van der Waals surface area contributed by atoms with Crippen LogP contribution in [0.5, 0.6) is 5.75 Å². The van der Waals surface area contributed by atoms with Crippen LogP contribution in [0.2, 0.25) is 0 Å². The number of fused-ring (bicyclic) bond motifs is 1. The first-order valence-corrected chi connectivity index (χ1v) is 10.6. The summed E-state index contributed by atoms with van der Waals surface area (Å²) in [6, 6.07) is 6.59. The molecular formula is C20H21F3N2O4S. The Morgan fingerprint density at radius 2 is 1.87 bits per heavy atom. The van der Waals surface area contributed by atoms with Crippen LogP contribution in [0.1, 0.15) is 30.1 Å². The number of aromatic hydroxyl groups is 1. The number of rotatable bonds is 5. The molecule has 0 aromatic heterocycles. The van der Waals surface area contributed by atoms with Crippen molar-refractivity contribution in [3.63, 3.8) is 0 Å². The Kier molecular flexibility index (Phi) is 5.83. The van der Waals surface area contributed by atoms with Crippen molar-refractivity contribution in [3.8, 4) is 5.75 Å². The van der Waals surface area contributed by atoms with E-state index < -0.39 is 40.0 Å². The van der Waals surface area contributed by atoms with Crippen LogP contribution in [0.4, 0.5) is 24.5 Å². The summed E-state index contributed by atoms with van der Waals surface area (Å²) in [7, 11) is -2.89. The summed E-state index contributed by atoms with van der Waals surface area (Å²) in [5.41, 5.74) is 0.385. The van der Waals surface area contributed by atoms with E-state index in [4.69, 9.17) is 0 Å². The second-order valence-electron chi connectivity index (χ2n) is 7.37. The van der Waals surface area contributed by atoms with Crippen LogP contribution >= 0.6 is 0 Å². The Morgan fingerprint density at radius 3 is 2.43 bits per heavy atom. The molecule has 1 N–H and O–H groups in total. The lowest BCUT2D eigenvalue weighted by molar-refractivity contribution is 0.00679. The number of anilines is 2. The number of hydrogen-bond donors (Lipinski definition) is 1. The molecule has 2 aromatic carbocycles. The van der Waals surface area contributed by atoms with E-state index in [2.05, 4.69) is 0 Å². The predicted octanol–water partition coefficient (Wildman–Crippen LogP) is 3.92. The van der Waals surface area contributed by atoms with Gasteiger partial charge in [0.05, 0.1) is 11.3 Å². The molecule has 3 rings (SSSR count). The van der Waals surface area contributed by atoms with Crippen molar-refractivity contribution in [1.29, 1.82) is 0 Å². The maximum absolute atomic E-state index is 13.5. The molecule has 0 spiro atoms. The number of aldehydes is 1. The number of phenolic OH excluding ortho intramolecular Hbond substituents is 1. The maximum Gasteiger partial charge on any atom is 0.245 e. The fraction of sp³-hybridized carbons (Fsp3) is 0.350. The van der Waals surface area contributed by atoms with Crippen molar-refractivity contribution in [1.82, 2.24) is 4.31 Å². The number of sulfonamides is 1. The van der Waals surface area contributed by atoms with E-state index in [0.717, 1.165) is 17.3 Å². The first-order chi connectivity index (χ1) is 13.9. The van der Waals surface area contributed by atoms with Crippen molar-refractivity contribution in [2.45, 2.75) is 36.6 Å². The van der Waals surface area contributed by atoms with Crippen molar-refractivity contribution in [3.05, 3.63) is 47.8 Å². The third kappa shape index (κ3) is 4.29. The summed E-state index contributed by atoms with van der Waals surface area (Å²) >= 11 is 0. The molecule has 2 aromatic rings. The Hall–Kier alpha value is -2.59. The zero-order valence-corrected chi connectivity index (χ0v) is 17.2. The van der Waals surface area contributed by atoms with Crippen LogP contribution in [-0.4, -0.2) is 49.7 Å². The number of likely N-dealkylation sites (N-methyl/N-ethyl adjacent to an activating group) is 1. The summed E-state index contributed by atoms with van der Waals surface area (Å²) in [5, 5.41) is 10.1. The van der Waals surface area contributed by atoms with Crippen LogP contribution < -0.4 is 4.90 Å². The summed E-state index contributed by atoms with van der Waals surface area (Å²) in [6.45, 7) is 0.757. The predicted molar refractivity (Wildman–Crippen MR) is 105 cm³/mol. The van der Waals surface area contributed by atoms with Gasteiger partial charge in [-0.2, -0.15) is 4.31 Å². The van der Waals surface area contributed by atoms with Gasteiger partial charge in [0.2, 0.25) is 15.9 Å². The number of nitrogens with zero attached hydrogens (tertiary/aromatic N) is 2. The standard InChI is InChI=1S/C20H21F3N2O4S/c1-20(22,23)8-7-16-11-25(15-5-3-14(21)4-6-15)17-9-13(12-26)18(27)10-19(17)30(28,29)24(16)2/h3-6,9-10,12,16,27H,7-8,11H2,1-2H3/t16-/m1/s1. The Balaban J connectivity index is 2.20. The molecule has 0 saturated heterocycles. The number of hydrogen-bond acceptors (Lipinski definition) is 5. The lowest BCUT2D eigenvalue weighted by Crippen LogP contribution is -2.41. The molecule has 6 nitrogen and oxygen atoms in total. The van der Waals surface area contributed by atoms with E-state index in [1.807, 2.05) is 0 Å². The van der Waals surface area contributed by atoms with Gasteiger partial charge in [-0.15, -0.1) is 0 Å². The summed E-state index contributed by atoms with van der Waals surface area (Å²) in [6.07, 6.45) is -0.276. The van der Waals surface area contributed by atoms with Gasteiger partial charge < -0.3 is 10.0 Å². The minimum absolute atomic E-state index is 0.00643. The van der Waals surface area contributed by atoms with Gasteiger partial charge in [0.25, 0.3) is 0 Å². The van der Waals surface area contributed by atoms with Gasteiger partial charge in [-0.3, -0.25) is 4.79 Å². The van der Waals surface area contributed by atoms with Gasteiger partial charge in [-0.1, -0.05) is 0 Å². The van der Waals surface area contributed by atoms with Gasteiger partial charge in [0.1, 0.15) is 16.5 Å². The Labute approximate surface area is 172 Å². The number of carbonyl (C=O) groups excluding carboxylic acids is 1. The number of halogens is 3. The van der Waals surface area contributed by atoms with E-state index in [1.165, 1.54) is 42.3 Å². The van der Waals surface area contributed by atoms with Crippen molar-refractivity contribution in [2.24, 2.45) is 0 Å². The highest BCUT2D eigenvalue weighted by Crippen LogP contribution is 2.41. The normalized spacial score (nSPS) is 19.2. The van der Waals surface area contributed by atoms with Crippen LogP contribution in [0.3, 0.4) is 0 Å². The van der Waals surface area contributed by atoms with Crippen LogP contribution in [0.15, 0.2) is 41.3 Å². The number of carbonyl (C=O) groups is 1. The van der Waals surface area contributed by atoms with Gasteiger partial charge in [0, 0.05) is 37.8 Å². The second kappa shape index (κ2) is 7.92. The van der Waals surface area contributed by atoms with Crippen LogP contribution in [0.25, 0.3) is 0 Å². The molecule has 10 heteroatoms. The van der Waals surface area contributed by atoms with E-state index >= 15 is 0 Å². The van der Waals surface area contributed by atoms with E-state index in [9.17, 15) is 31.5 Å². The highest BCUT2D eigenvalue weighted by molar-refractivity contribution is 7.89. The highest BCUT2D eigenvalue weighted by atomic mass is 32.2. The largest absolute Gasteiger partial charge is 0.507 e. The summed E-state index contributed by atoms with van der Waals surface area (Å²) < 4.78 is 67.8.